The van der Waals surface area contributed by atoms with Gasteiger partial charge in [0, 0.05) is 25.2 Å². The summed E-state index contributed by atoms with van der Waals surface area (Å²) in [4.78, 5) is 16.2. The van der Waals surface area contributed by atoms with E-state index < -0.39 is 12.2 Å². The van der Waals surface area contributed by atoms with Gasteiger partial charge in [-0.2, -0.15) is 0 Å². The minimum absolute atomic E-state index is 0.0580. The van der Waals surface area contributed by atoms with Crippen LogP contribution in [0.2, 0.25) is 0 Å². The molecule has 0 unspecified atom stereocenters. The van der Waals surface area contributed by atoms with Crippen molar-refractivity contribution in [2.45, 2.75) is 12.5 Å². The van der Waals surface area contributed by atoms with Crippen LogP contribution in [0.5, 0.6) is 0 Å². The lowest BCUT2D eigenvalue weighted by molar-refractivity contribution is 0.0294. The van der Waals surface area contributed by atoms with Crippen molar-refractivity contribution in [3.05, 3.63) is 24.4 Å². The first kappa shape index (κ1) is 12.6. The van der Waals surface area contributed by atoms with Crippen LogP contribution in [-0.4, -0.2) is 51.9 Å². The number of nitrogens with one attached hydrogen (secondary N) is 1. The molecule has 0 spiro atoms. The Kier molecular flexibility index (Phi) is 3.99. The fraction of sp³-hybridized carbons (Fsp3) is 0.500. The number of rotatable bonds is 3. The van der Waals surface area contributed by atoms with Gasteiger partial charge in [0.1, 0.15) is 5.82 Å². The van der Waals surface area contributed by atoms with Gasteiger partial charge >= 0.3 is 6.09 Å². The Morgan fingerprint density at radius 2 is 2.39 bits per heavy atom. The van der Waals surface area contributed by atoms with E-state index >= 15 is 0 Å². The number of aliphatic hydroxyl groups is 1. The highest BCUT2D eigenvalue weighted by Crippen LogP contribution is 2.18. The summed E-state index contributed by atoms with van der Waals surface area (Å²) in [7, 11) is 0. The molecule has 1 aromatic heterocycles. The first-order valence-corrected chi connectivity index (χ1v) is 5.97. The third-order valence-corrected chi connectivity index (χ3v) is 3.20. The minimum atomic E-state index is -0.967. The summed E-state index contributed by atoms with van der Waals surface area (Å²) in [5.41, 5.74) is 0. The van der Waals surface area contributed by atoms with Crippen molar-refractivity contribution in [1.82, 2.24) is 9.88 Å². The fourth-order valence-corrected chi connectivity index (χ4v) is 2.10. The molecule has 0 saturated carbocycles. The zero-order valence-electron chi connectivity index (χ0n) is 9.99. The fourth-order valence-electron chi connectivity index (χ4n) is 2.10. The highest BCUT2D eigenvalue weighted by Gasteiger charge is 2.29. The van der Waals surface area contributed by atoms with Crippen LogP contribution < -0.4 is 5.32 Å². The van der Waals surface area contributed by atoms with E-state index in [1.54, 1.807) is 6.20 Å². The molecule has 6 nitrogen and oxygen atoms in total. The van der Waals surface area contributed by atoms with Gasteiger partial charge < -0.3 is 20.4 Å². The molecule has 6 heteroatoms. The van der Waals surface area contributed by atoms with E-state index in [0.717, 1.165) is 5.82 Å². The summed E-state index contributed by atoms with van der Waals surface area (Å²) in [6.07, 6.45) is 0.773. The highest BCUT2D eigenvalue weighted by atomic mass is 16.4. The molecule has 1 saturated heterocycles. The number of pyridine rings is 1. The summed E-state index contributed by atoms with van der Waals surface area (Å²) in [5.74, 6) is 0.827. The van der Waals surface area contributed by atoms with Crippen molar-refractivity contribution in [3.8, 4) is 0 Å². The summed E-state index contributed by atoms with van der Waals surface area (Å²) in [5, 5.41) is 21.9. The van der Waals surface area contributed by atoms with Crippen molar-refractivity contribution in [2.75, 3.05) is 25.0 Å². The summed E-state index contributed by atoms with van der Waals surface area (Å²) >= 11 is 0. The van der Waals surface area contributed by atoms with Gasteiger partial charge in [-0.3, -0.25) is 0 Å². The molecule has 3 N–H and O–H groups in total. The van der Waals surface area contributed by atoms with Crippen LogP contribution in [0.25, 0.3) is 0 Å². The smallest absolute Gasteiger partial charge is 0.407 e. The van der Waals surface area contributed by atoms with E-state index in [0.29, 0.717) is 19.5 Å². The zero-order chi connectivity index (χ0) is 13.0. The zero-order valence-corrected chi connectivity index (χ0v) is 9.99. The third kappa shape index (κ3) is 3.10. The Labute approximate surface area is 105 Å². The molecule has 1 amide bonds. The van der Waals surface area contributed by atoms with Crippen LogP contribution in [0.3, 0.4) is 0 Å². The first-order chi connectivity index (χ1) is 8.66. The Bertz CT molecular complexity index is 399. The molecule has 2 heterocycles. The van der Waals surface area contributed by atoms with Gasteiger partial charge in [0.25, 0.3) is 0 Å². The number of piperidine rings is 1. The average Bonchev–Trinajstić information content (AvgIpc) is 2.38. The SMILES string of the molecule is O=C(O)N1CC[C@H](CNc2ccccn2)[C@H](O)C1. The average molecular weight is 251 g/mol. The van der Waals surface area contributed by atoms with Crippen LogP contribution in [0.4, 0.5) is 10.6 Å². The molecule has 2 rings (SSSR count). The van der Waals surface area contributed by atoms with E-state index in [4.69, 9.17) is 5.11 Å². The van der Waals surface area contributed by atoms with Crippen LogP contribution in [-0.2, 0) is 0 Å². The maximum absolute atomic E-state index is 10.8. The Morgan fingerprint density at radius 3 is 3.00 bits per heavy atom. The predicted molar refractivity (Wildman–Crippen MR) is 66.4 cm³/mol. The van der Waals surface area contributed by atoms with E-state index in [-0.39, 0.29) is 12.5 Å². The number of hydrogen-bond donors (Lipinski definition) is 3. The van der Waals surface area contributed by atoms with Gasteiger partial charge in [0.15, 0.2) is 0 Å². The minimum Gasteiger partial charge on any atom is -0.465 e. The molecule has 0 aliphatic carbocycles. The normalized spacial score (nSPS) is 23.7. The number of likely N-dealkylation sites (tertiary alicyclic amines) is 1. The van der Waals surface area contributed by atoms with Crippen LogP contribution in [0.1, 0.15) is 6.42 Å². The lowest BCUT2D eigenvalue weighted by Crippen LogP contribution is -2.47. The standard InChI is InChI=1S/C12H17N3O3/c16-10-8-15(12(17)18)6-4-9(10)7-14-11-3-1-2-5-13-11/h1-3,5,9-10,16H,4,6-8H2,(H,13,14)(H,17,18)/t9-,10-/m1/s1. The maximum atomic E-state index is 10.8. The summed E-state index contributed by atoms with van der Waals surface area (Å²) in [6.45, 7) is 1.26. The van der Waals surface area contributed by atoms with Crippen LogP contribution in [0, 0.1) is 5.92 Å². The maximum Gasteiger partial charge on any atom is 0.407 e. The third-order valence-electron chi connectivity index (χ3n) is 3.20. The predicted octanol–water partition coefficient (Wildman–Crippen LogP) is 0.854. The van der Waals surface area contributed by atoms with Crippen molar-refractivity contribution >= 4 is 11.9 Å². The molecule has 0 bridgehead atoms. The van der Waals surface area contributed by atoms with Crippen molar-refractivity contribution in [3.63, 3.8) is 0 Å². The van der Waals surface area contributed by atoms with Crippen molar-refractivity contribution in [2.24, 2.45) is 5.92 Å². The number of nitrogens with zero attached hydrogens (tertiary/aromatic N) is 2. The van der Waals surface area contributed by atoms with Crippen LogP contribution in [0.15, 0.2) is 24.4 Å². The number of carbonyl (C=O) groups is 1. The molecule has 0 aromatic carbocycles. The van der Waals surface area contributed by atoms with Gasteiger partial charge in [-0.05, 0) is 18.6 Å². The number of amides is 1. The Hall–Kier alpha value is -1.82. The van der Waals surface area contributed by atoms with Gasteiger partial charge in [-0.25, -0.2) is 9.78 Å². The second-order valence-corrected chi connectivity index (χ2v) is 4.44. The van der Waals surface area contributed by atoms with Crippen molar-refractivity contribution in [1.29, 1.82) is 0 Å². The Balaban J connectivity index is 1.83. The van der Waals surface area contributed by atoms with E-state index in [1.807, 2.05) is 18.2 Å². The number of anilines is 1. The molecule has 18 heavy (non-hydrogen) atoms. The number of carboxylic acid groups (broad SMARTS) is 1. The lowest BCUT2D eigenvalue weighted by atomic mass is 9.94. The number of β-amino-alcohol motifs (C(OH)–C–C–N with tert-alkyl or cyclic N) is 1. The van der Waals surface area contributed by atoms with Crippen LogP contribution >= 0.6 is 0 Å². The molecule has 98 valence electrons. The topological polar surface area (TPSA) is 85.7 Å². The number of aromatic nitrogens is 1. The van der Waals surface area contributed by atoms with E-state index in [1.165, 1.54) is 4.90 Å². The van der Waals surface area contributed by atoms with Gasteiger partial charge in [-0.15, -0.1) is 0 Å². The molecule has 1 aromatic rings. The number of aliphatic hydroxyl groups excluding tert-OH is 1. The largest absolute Gasteiger partial charge is 0.465 e. The van der Waals surface area contributed by atoms with E-state index in [2.05, 4.69) is 10.3 Å². The molecule has 1 aliphatic rings. The first-order valence-electron chi connectivity index (χ1n) is 5.97. The molecule has 0 radical (unpaired) electrons. The molecule has 1 aliphatic heterocycles. The van der Waals surface area contributed by atoms with Crippen molar-refractivity contribution < 1.29 is 15.0 Å². The second-order valence-electron chi connectivity index (χ2n) is 4.44. The van der Waals surface area contributed by atoms with Gasteiger partial charge in [-0.1, -0.05) is 6.07 Å². The molecule has 1 fully saturated rings. The molecular weight excluding hydrogens is 234 g/mol. The number of hydrogen-bond acceptors (Lipinski definition) is 4. The molecule has 2 atom stereocenters. The lowest BCUT2D eigenvalue weighted by Gasteiger charge is -2.34. The highest BCUT2D eigenvalue weighted by molar-refractivity contribution is 5.65. The second kappa shape index (κ2) is 5.68. The molecular formula is C12H17N3O3. The quantitative estimate of drug-likeness (QED) is 0.741. The van der Waals surface area contributed by atoms with Gasteiger partial charge in [0.2, 0.25) is 0 Å². The van der Waals surface area contributed by atoms with E-state index in [9.17, 15) is 9.90 Å². The summed E-state index contributed by atoms with van der Waals surface area (Å²) in [6, 6.07) is 5.59. The Morgan fingerprint density at radius 1 is 1.56 bits per heavy atom. The monoisotopic (exact) mass is 251 g/mol. The van der Waals surface area contributed by atoms with Gasteiger partial charge in [0.05, 0.1) is 12.6 Å². The summed E-state index contributed by atoms with van der Waals surface area (Å²) < 4.78 is 0.